The van der Waals surface area contributed by atoms with E-state index in [1.54, 1.807) is 18.2 Å². The van der Waals surface area contributed by atoms with E-state index in [0.29, 0.717) is 28.7 Å². The van der Waals surface area contributed by atoms with Gasteiger partial charge in [0.2, 0.25) is 0 Å². The number of carbonyl (C=O) groups is 3. The van der Waals surface area contributed by atoms with Crippen molar-refractivity contribution < 1.29 is 24.2 Å². The fourth-order valence-corrected chi connectivity index (χ4v) is 5.25. The number of aliphatic carboxylic acids is 1. The zero-order chi connectivity index (χ0) is 24.5. The Morgan fingerprint density at radius 3 is 2.29 bits per heavy atom. The van der Waals surface area contributed by atoms with Gasteiger partial charge in [0, 0.05) is 29.2 Å². The van der Waals surface area contributed by atoms with Crippen LogP contribution in [0.15, 0.2) is 71.2 Å². The molecule has 0 radical (unpaired) electrons. The molecule has 3 aromatic rings. The molecule has 2 N–H and O–H groups in total. The third kappa shape index (κ3) is 4.53. The maximum Gasteiger partial charge on any atom is 0.411 e. The molecule has 1 unspecified atom stereocenters. The molecule has 5 rings (SSSR count). The summed E-state index contributed by atoms with van der Waals surface area (Å²) in [6.07, 6.45) is -0.184. The molecule has 2 aliphatic rings. The molecule has 0 saturated carbocycles. The number of hydrogen-bond acceptors (Lipinski definition) is 4. The van der Waals surface area contributed by atoms with Crippen molar-refractivity contribution in [2.45, 2.75) is 12.3 Å². The van der Waals surface area contributed by atoms with Gasteiger partial charge in [-0.15, -0.1) is 0 Å². The van der Waals surface area contributed by atoms with Gasteiger partial charge in [0.25, 0.3) is 5.91 Å². The number of carbonyl (C=O) groups excluding carboxylic acids is 2. The van der Waals surface area contributed by atoms with Crippen LogP contribution in [0.3, 0.4) is 0 Å². The minimum atomic E-state index is -0.898. The molecule has 8 heteroatoms. The van der Waals surface area contributed by atoms with E-state index < -0.39 is 18.0 Å². The van der Waals surface area contributed by atoms with Crippen LogP contribution >= 0.6 is 15.9 Å². The smallest absolute Gasteiger partial charge is 0.411 e. The molecule has 1 aliphatic carbocycles. The lowest BCUT2D eigenvalue weighted by Crippen LogP contribution is -2.30. The van der Waals surface area contributed by atoms with Crippen LogP contribution in [-0.4, -0.2) is 47.7 Å². The Bertz CT molecular complexity index is 1280. The molecule has 35 heavy (non-hydrogen) atoms. The van der Waals surface area contributed by atoms with Crippen LogP contribution in [0.4, 0.5) is 10.5 Å². The summed E-state index contributed by atoms with van der Waals surface area (Å²) >= 11 is 3.39. The second-order valence-electron chi connectivity index (χ2n) is 8.72. The first-order valence-electron chi connectivity index (χ1n) is 11.4. The number of likely N-dealkylation sites (tertiary alicyclic amines) is 1. The van der Waals surface area contributed by atoms with E-state index >= 15 is 0 Å². The third-order valence-corrected chi connectivity index (χ3v) is 7.30. The molecule has 3 aromatic carbocycles. The summed E-state index contributed by atoms with van der Waals surface area (Å²) in [5, 5.41) is 11.9. The van der Waals surface area contributed by atoms with Crippen LogP contribution in [0, 0.1) is 5.92 Å². The van der Waals surface area contributed by atoms with E-state index in [1.807, 2.05) is 24.3 Å². The van der Waals surface area contributed by atoms with Crippen molar-refractivity contribution in [3.05, 3.63) is 87.9 Å². The van der Waals surface area contributed by atoms with E-state index in [2.05, 4.69) is 45.5 Å². The van der Waals surface area contributed by atoms with Crippen molar-refractivity contribution in [2.24, 2.45) is 5.92 Å². The summed E-state index contributed by atoms with van der Waals surface area (Å²) in [5.74, 6) is -1.78. The topological polar surface area (TPSA) is 95.9 Å². The number of benzene rings is 3. The van der Waals surface area contributed by atoms with Crippen molar-refractivity contribution in [3.8, 4) is 11.1 Å². The van der Waals surface area contributed by atoms with Gasteiger partial charge in [-0.05, 0) is 62.8 Å². The molecule has 1 heterocycles. The zero-order valence-corrected chi connectivity index (χ0v) is 20.3. The molecule has 0 spiro atoms. The number of anilines is 1. The highest BCUT2D eigenvalue weighted by Crippen LogP contribution is 2.44. The Hall–Kier alpha value is -3.65. The van der Waals surface area contributed by atoms with Crippen LogP contribution in [0.25, 0.3) is 11.1 Å². The van der Waals surface area contributed by atoms with Gasteiger partial charge >= 0.3 is 12.1 Å². The monoisotopic (exact) mass is 534 g/mol. The number of amides is 2. The lowest BCUT2D eigenvalue weighted by molar-refractivity contribution is -0.141. The average Bonchev–Trinajstić information content (AvgIpc) is 3.47. The van der Waals surface area contributed by atoms with Gasteiger partial charge in [-0.1, -0.05) is 48.5 Å². The number of nitrogens with zero attached hydrogens (tertiary/aromatic N) is 1. The van der Waals surface area contributed by atoms with Gasteiger partial charge in [-0.2, -0.15) is 0 Å². The predicted octanol–water partition coefficient (Wildman–Crippen LogP) is 5.36. The van der Waals surface area contributed by atoms with Gasteiger partial charge in [-0.25, -0.2) is 4.79 Å². The maximum absolute atomic E-state index is 13.0. The number of nitrogens with one attached hydrogen (secondary N) is 1. The molecule has 0 bridgehead atoms. The molecule has 7 nitrogen and oxygen atoms in total. The van der Waals surface area contributed by atoms with Crippen LogP contribution in [0.5, 0.6) is 0 Å². The highest BCUT2D eigenvalue weighted by Gasteiger charge is 2.32. The summed E-state index contributed by atoms with van der Waals surface area (Å²) < 4.78 is 6.16. The van der Waals surface area contributed by atoms with Crippen LogP contribution in [0.1, 0.15) is 33.8 Å². The lowest BCUT2D eigenvalue weighted by atomic mass is 9.98. The van der Waals surface area contributed by atoms with Crippen molar-refractivity contribution in [2.75, 3.05) is 25.0 Å². The molecular formula is C27H23BrN2O5. The van der Waals surface area contributed by atoms with Crippen molar-refractivity contribution in [3.63, 3.8) is 0 Å². The number of ether oxygens (including phenoxy) is 1. The van der Waals surface area contributed by atoms with Gasteiger partial charge in [0.1, 0.15) is 6.61 Å². The molecule has 1 aliphatic heterocycles. The van der Waals surface area contributed by atoms with Gasteiger partial charge in [0.05, 0.1) is 11.5 Å². The van der Waals surface area contributed by atoms with E-state index in [-0.39, 0.29) is 25.0 Å². The minimum Gasteiger partial charge on any atom is -0.481 e. The minimum absolute atomic E-state index is 0.0486. The highest BCUT2D eigenvalue weighted by atomic mass is 79.9. The van der Waals surface area contributed by atoms with Crippen molar-refractivity contribution in [1.29, 1.82) is 0 Å². The molecule has 178 valence electrons. The number of fused-ring (bicyclic) bond motifs is 3. The Morgan fingerprint density at radius 1 is 1.00 bits per heavy atom. The average molecular weight is 535 g/mol. The van der Waals surface area contributed by atoms with Crippen molar-refractivity contribution in [1.82, 2.24) is 4.90 Å². The predicted molar refractivity (Wildman–Crippen MR) is 134 cm³/mol. The van der Waals surface area contributed by atoms with E-state index in [1.165, 1.54) is 4.90 Å². The van der Waals surface area contributed by atoms with E-state index in [9.17, 15) is 19.5 Å². The summed E-state index contributed by atoms with van der Waals surface area (Å²) in [6.45, 7) is 0.740. The first kappa shape index (κ1) is 23.1. The second kappa shape index (κ2) is 9.54. The fourth-order valence-electron chi connectivity index (χ4n) is 4.84. The van der Waals surface area contributed by atoms with Gasteiger partial charge in [0.15, 0.2) is 0 Å². The Kier molecular flexibility index (Phi) is 6.30. The Labute approximate surface area is 210 Å². The Morgan fingerprint density at radius 2 is 1.66 bits per heavy atom. The summed E-state index contributed by atoms with van der Waals surface area (Å²) in [4.78, 5) is 38.4. The van der Waals surface area contributed by atoms with E-state index in [4.69, 9.17) is 4.74 Å². The number of carboxylic acids is 1. The first-order chi connectivity index (χ1) is 16.9. The summed E-state index contributed by atoms with van der Waals surface area (Å²) in [6, 6.07) is 21.2. The third-order valence-electron chi connectivity index (χ3n) is 6.61. The normalized spacial score (nSPS) is 16.5. The number of carboxylic acid groups (broad SMARTS) is 1. The lowest BCUT2D eigenvalue weighted by Gasteiger charge is -2.18. The van der Waals surface area contributed by atoms with Crippen molar-refractivity contribution >= 4 is 39.6 Å². The molecule has 1 fully saturated rings. The Balaban J connectivity index is 1.26. The molecular weight excluding hydrogens is 512 g/mol. The molecule has 2 amide bonds. The maximum atomic E-state index is 13.0. The molecule has 0 aromatic heterocycles. The second-order valence-corrected chi connectivity index (χ2v) is 9.57. The highest BCUT2D eigenvalue weighted by molar-refractivity contribution is 9.10. The van der Waals surface area contributed by atoms with Gasteiger partial charge in [-0.3, -0.25) is 14.9 Å². The van der Waals surface area contributed by atoms with Crippen LogP contribution in [-0.2, 0) is 9.53 Å². The standard InChI is InChI=1S/C27H23BrN2O5/c28-24-10-9-17(13-22(24)25(31)30-12-11-16(14-30)26(32)33)29-27(34)35-15-23-20-7-3-1-5-18(20)19-6-2-4-8-21(19)23/h1-10,13,16,23H,11-12,14-15H2,(H,29,34)(H,32,33). The fraction of sp³-hybridized carbons (Fsp3) is 0.222. The van der Waals surface area contributed by atoms with Crippen LogP contribution in [0.2, 0.25) is 0 Å². The summed E-state index contributed by atoms with van der Waals surface area (Å²) in [7, 11) is 0. The zero-order valence-electron chi connectivity index (χ0n) is 18.7. The van der Waals surface area contributed by atoms with E-state index in [0.717, 1.165) is 22.3 Å². The molecule has 1 atom stereocenters. The van der Waals surface area contributed by atoms with Gasteiger partial charge < -0.3 is 14.7 Å². The SMILES string of the molecule is O=C(Nc1ccc(Br)c(C(=O)N2CCC(C(=O)O)C2)c1)OCC1c2ccccc2-c2ccccc21. The number of rotatable bonds is 5. The first-order valence-corrected chi connectivity index (χ1v) is 12.2. The van der Waals surface area contributed by atoms with Crippen LogP contribution < -0.4 is 5.32 Å². The quantitative estimate of drug-likeness (QED) is 0.459. The molecule has 1 saturated heterocycles. The number of halogens is 1. The number of hydrogen-bond donors (Lipinski definition) is 2. The largest absolute Gasteiger partial charge is 0.481 e. The summed E-state index contributed by atoms with van der Waals surface area (Å²) in [5.41, 5.74) is 5.34.